The molecule has 106 valence electrons. The second-order valence-corrected chi connectivity index (χ2v) is 4.51. The van der Waals surface area contributed by atoms with Gasteiger partial charge in [-0.3, -0.25) is 0 Å². The lowest BCUT2D eigenvalue weighted by molar-refractivity contribution is 0.0593. The van der Waals surface area contributed by atoms with Gasteiger partial charge in [0.15, 0.2) is 5.69 Å². The molecule has 0 saturated heterocycles. The van der Waals surface area contributed by atoms with Crippen LogP contribution in [0.4, 0.5) is 5.82 Å². The molecule has 0 aliphatic heterocycles. The lowest BCUT2D eigenvalue weighted by Gasteiger charge is -2.13. The van der Waals surface area contributed by atoms with Gasteiger partial charge in [0.05, 0.1) is 25.5 Å². The minimum atomic E-state index is -0.501. The maximum atomic E-state index is 11.3. The van der Waals surface area contributed by atoms with Crippen molar-refractivity contribution in [3.05, 3.63) is 41.2 Å². The lowest BCUT2D eigenvalue weighted by atomic mass is 10.1. The van der Waals surface area contributed by atoms with Crippen LogP contribution in [0, 0.1) is 13.8 Å². The van der Waals surface area contributed by atoms with Crippen molar-refractivity contribution < 1.29 is 13.9 Å². The van der Waals surface area contributed by atoms with E-state index >= 15 is 0 Å². The third-order valence-corrected chi connectivity index (χ3v) is 2.96. The van der Waals surface area contributed by atoms with Crippen molar-refractivity contribution in [2.45, 2.75) is 26.8 Å². The third kappa shape index (κ3) is 2.96. The van der Waals surface area contributed by atoms with Crippen LogP contribution < -0.4 is 5.32 Å². The number of esters is 1. The Balaban J connectivity index is 2.10. The molecule has 1 atom stereocenters. The Labute approximate surface area is 117 Å². The van der Waals surface area contributed by atoms with Gasteiger partial charge >= 0.3 is 5.97 Å². The molecule has 0 bridgehead atoms. The predicted molar refractivity (Wildman–Crippen MR) is 73.6 cm³/mol. The molecular weight excluding hydrogens is 258 g/mol. The molecule has 0 aliphatic carbocycles. The van der Waals surface area contributed by atoms with Crippen molar-refractivity contribution in [2.24, 2.45) is 0 Å². The molecule has 0 aromatic carbocycles. The molecule has 2 heterocycles. The number of carbonyl (C=O) groups excluding carboxylic acids is 1. The molecule has 2 aromatic heterocycles. The smallest absolute Gasteiger partial charge is 0.358 e. The van der Waals surface area contributed by atoms with E-state index in [0.717, 1.165) is 17.1 Å². The van der Waals surface area contributed by atoms with Crippen LogP contribution in [-0.4, -0.2) is 23.0 Å². The van der Waals surface area contributed by atoms with Gasteiger partial charge < -0.3 is 14.5 Å². The molecule has 0 amide bonds. The average Bonchev–Trinajstić information content (AvgIpc) is 2.78. The Morgan fingerprint density at radius 2 is 2.10 bits per heavy atom. The van der Waals surface area contributed by atoms with Gasteiger partial charge in [-0.15, -0.1) is 0 Å². The molecule has 20 heavy (non-hydrogen) atoms. The molecule has 1 unspecified atom stereocenters. The molecule has 6 nitrogen and oxygen atoms in total. The zero-order chi connectivity index (χ0) is 14.7. The summed E-state index contributed by atoms with van der Waals surface area (Å²) >= 11 is 0. The number of nitrogens with one attached hydrogen (secondary N) is 1. The highest BCUT2D eigenvalue weighted by molar-refractivity contribution is 5.86. The number of anilines is 1. The van der Waals surface area contributed by atoms with E-state index in [-0.39, 0.29) is 11.7 Å². The molecule has 1 N–H and O–H groups in total. The number of aryl methyl sites for hydroxylation is 2. The highest BCUT2D eigenvalue weighted by Crippen LogP contribution is 2.23. The quantitative estimate of drug-likeness (QED) is 0.864. The number of hydrogen-bond acceptors (Lipinski definition) is 6. The van der Waals surface area contributed by atoms with Gasteiger partial charge in [-0.05, 0) is 26.8 Å². The number of aromatic nitrogens is 2. The molecule has 0 fully saturated rings. The van der Waals surface area contributed by atoms with Crippen LogP contribution in [0.2, 0.25) is 0 Å². The summed E-state index contributed by atoms with van der Waals surface area (Å²) in [5.74, 6) is 1.83. The average molecular weight is 275 g/mol. The Morgan fingerprint density at radius 1 is 1.35 bits per heavy atom. The summed E-state index contributed by atoms with van der Waals surface area (Å²) in [6, 6.07) is 2.02. The van der Waals surface area contributed by atoms with Gasteiger partial charge in [0.1, 0.15) is 17.3 Å². The molecule has 2 aromatic rings. The van der Waals surface area contributed by atoms with Gasteiger partial charge in [0.25, 0.3) is 0 Å². The van der Waals surface area contributed by atoms with Crippen molar-refractivity contribution in [3.8, 4) is 0 Å². The van der Waals surface area contributed by atoms with Crippen LogP contribution in [0.1, 0.15) is 40.5 Å². The van der Waals surface area contributed by atoms with E-state index < -0.39 is 5.97 Å². The number of furan rings is 1. The van der Waals surface area contributed by atoms with Crippen LogP contribution in [0.5, 0.6) is 0 Å². The molecule has 0 saturated carbocycles. The van der Waals surface area contributed by atoms with E-state index in [1.807, 2.05) is 26.8 Å². The Bertz CT molecular complexity index is 605. The van der Waals surface area contributed by atoms with Crippen molar-refractivity contribution in [3.63, 3.8) is 0 Å². The van der Waals surface area contributed by atoms with Gasteiger partial charge in [-0.25, -0.2) is 14.8 Å². The largest absolute Gasteiger partial charge is 0.466 e. The lowest BCUT2D eigenvalue weighted by Crippen LogP contribution is -2.10. The second kappa shape index (κ2) is 5.73. The first-order chi connectivity index (χ1) is 9.51. The third-order valence-electron chi connectivity index (χ3n) is 2.96. The molecule has 0 aliphatic rings. The van der Waals surface area contributed by atoms with Crippen LogP contribution in [0.15, 0.2) is 22.9 Å². The van der Waals surface area contributed by atoms with Crippen molar-refractivity contribution in [1.82, 2.24) is 9.97 Å². The number of hydrogen-bond donors (Lipinski definition) is 1. The molecule has 6 heteroatoms. The predicted octanol–water partition coefficient (Wildman–Crippen LogP) is 2.65. The number of carbonyl (C=O) groups is 1. The van der Waals surface area contributed by atoms with E-state index in [9.17, 15) is 4.79 Å². The van der Waals surface area contributed by atoms with Crippen LogP contribution in [0.25, 0.3) is 0 Å². The van der Waals surface area contributed by atoms with Crippen LogP contribution in [-0.2, 0) is 4.74 Å². The van der Waals surface area contributed by atoms with E-state index in [1.165, 1.54) is 19.5 Å². The van der Waals surface area contributed by atoms with Crippen LogP contribution in [0.3, 0.4) is 0 Å². The summed E-state index contributed by atoms with van der Waals surface area (Å²) in [4.78, 5) is 19.4. The van der Waals surface area contributed by atoms with E-state index in [4.69, 9.17) is 4.42 Å². The van der Waals surface area contributed by atoms with Gasteiger partial charge in [-0.2, -0.15) is 0 Å². The maximum absolute atomic E-state index is 11.3. The van der Waals surface area contributed by atoms with E-state index in [2.05, 4.69) is 20.0 Å². The summed E-state index contributed by atoms with van der Waals surface area (Å²) in [7, 11) is 1.31. The molecule has 0 spiro atoms. The number of methoxy groups -OCH3 is 1. The molecule has 0 radical (unpaired) electrons. The topological polar surface area (TPSA) is 77.2 Å². The fraction of sp³-hybridized carbons (Fsp3) is 0.357. The van der Waals surface area contributed by atoms with E-state index in [0.29, 0.717) is 5.82 Å². The number of rotatable bonds is 4. The van der Waals surface area contributed by atoms with Gasteiger partial charge in [0, 0.05) is 5.56 Å². The summed E-state index contributed by atoms with van der Waals surface area (Å²) in [5.41, 5.74) is 1.25. The zero-order valence-electron chi connectivity index (χ0n) is 11.9. The summed E-state index contributed by atoms with van der Waals surface area (Å²) in [6.45, 7) is 5.84. The van der Waals surface area contributed by atoms with Crippen molar-refractivity contribution in [2.75, 3.05) is 12.4 Å². The first kappa shape index (κ1) is 14.0. The zero-order valence-corrected chi connectivity index (χ0v) is 11.9. The minimum Gasteiger partial charge on any atom is -0.466 e. The summed E-state index contributed by atoms with van der Waals surface area (Å²) in [5, 5.41) is 3.21. The summed E-state index contributed by atoms with van der Waals surface area (Å²) < 4.78 is 10.1. The number of nitrogens with zero attached hydrogens (tertiary/aromatic N) is 2. The number of ether oxygens (including phenoxy) is 1. The molecular formula is C14H17N3O3. The minimum absolute atomic E-state index is 0.0331. The summed E-state index contributed by atoms with van der Waals surface area (Å²) in [6.07, 6.45) is 2.89. The van der Waals surface area contributed by atoms with Crippen LogP contribution >= 0.6 is 0 Å². The normalized spacial score (nSPS) is 12.0. The van der Waals surface area contributed by atoms with Gasteiger partial charge in [0.2, 0.25) is 0 Å². The monoisotopic (exact) mass is 275 g/mol. The Hall–Kier alpha value is -2.37. The molecule has 2 rings (SSSR count). The highest BCUT2D eigenvalue weighted by Gasteiger charge is 2.14. The first-order valence-corrected chi connectivity index (χ1v) is 6.25. The standard InChI is InChI=1S/C14H17N3O3/c1-8-5-11(10(3)20-8)9(2)17-13-7-15-12(6-16-13)14(18)19-4/h5-7,9H,1-4H3,(H,16,17). The Morgan fingerprint density at radius 3 is 2.60 bits per heavy atom. The fourth-order valence-electron chi connectivity index (χ4n) is 1.99. The van der Waals surface area contributed by atoms with Crippen molar-refractivity contribution in [1.29, 1.82) is 0 Å². The Kier molecular flexibility index (Phi) is 4.02. The second-order valence-electron chi connectivity index (χ2n) is 4.51. The van der Waals surface area contributed by atoms with Gasteiger partial charge in [-0.1, -0.05) is 0 Å². The first-order valence-electron chi connectivity index (χ1n) is 6.25. The van der Waals surface area contributed by atoms with E-state index in [1.54, 1.807) is 0 Å². The maximum Gasteiger partial charge on any atom is 0.358 e. The highest BCUT2D eigenvalue weighted by atomic mass is 16.5. The van der Waals surface area contributed by atoms with Crippen molar-refractivity contribution >= 4 is 11.8 Å². The fourth-order valence-corrected chi connectivity index (χ4v) is 1.99. The SMILES string of the molecule is COC(=O)c1cnc(NC(C)c2cc(C)oc2C)cn1.